The molecule has 0 aliphatic rings. The fourth-order valence-electron chi connectivity index (χ4n) is 1.89. The molecule has 1 aromatic rings. The Kier molecular flexibility index (Phi) is 4.31. The highest BCUT2D eigenvalue weighted by atomic mass is 19.1. The predicted octanol–water partition coefficient (Wildman–Crippen LogP) is 4.29. The minimum atomic E-state index is -0.0312. The van der Waals surface area contributed by atoms with E-state index in [4.69, 9.17) is 0 Å². The summed E-state index contributed by atoms with van der Waals surface area (Å²) in [5, 5.41) is 0. The molecule has 0 nitrogen and oxygen atoms in total. The number of aryl methyl sites for hydroxylation is 2. The van der Waals surface area contributed by atoms with Crippen LogP contribution in [0.25, 0.3) is 0 Å². The van der Waals surface area contributed by atoms with Crippen LogP contribution in [-0.4, -0.2) is 0 Å². The van der Waals surface area contributed by atoms with Gasteiger partial charge in [-0.3, -0.25) is 0 Å². The van der Waals surface area contributed by atoms with Crippen LogP contribution >= 0.6 is 0 Å². The maximum absolute atomic E-state index is 13.6. The molecular weight excluding hydrogens is 187 g/mol. The van der Waals surface area contributed by atoms with Crippen LogP contribution in [0, 0.1) is 18.7 Å². The first-order valence-corrected chi connectivity index (χ1v) is 5.82. The van der Waals surface area contributed by atoms with E-state index < -0.39 is 0 Å². The van der Waals surface area contributed by atoms with Crippen LogP contribution in [0.3, 0.4) is 0 Å². The van der Waals surface area contributed by atoms with E-state index >= 15 is 0 Å². The maximum Gasteiger partial charge on any atom is 0.126 e. The molecule has 0 saturated carbocycles. The van der Waals surface area contributed by atoms with Crippen molar-refractivity contribution in [2.75, 3.05) is 0 Å². The van der Waals surface area contributed by atoms with Crippen LogP contribution < -0.4 is 0 Å². The van der Waals surface area contributed by atoms with Gasteiger partial charge in [0.15, 0.2) is 0 Å². The highest BCUT2D eigenvalue weighted by molar-refractivity contribution is 5.32. The Balaban J connectivity index is 2.84. The smallest absolute Gasteiger partial charge is 0.126 e. The lowest BCUT2D eigenvalue weighted by Crippen LogP contribution is -1.98. The minimum absolute atomic E-state index is 0.0312. The molecule has 1 heteroatoms. The van der Waals surface area contributed by atoms with Crippen molar-refractivity contribution in [2.45, 2.75) is 47.0 Å². The van der Waals surface area contributed by atoms with Gasteiger partial charge in [0.25, 0.3) is 0 Å². The molecule has 0 radical (unpaired) electrons. The second-order valence-corrected chi connectivity index (χ2v) is 4.66. The number of halogens is 1. The van der Waals surface area contributed by atoms with E-state index in [0.29, 0.717) is 5.92 Å². The van der Waals surface area contributed by atoms with Crippen molar-refractivity contribution >= 4 is 0 Å². The van der Waals surface area contributed by atoms with Gasteiger partial charge in [-0.15, -0.1) is 0 Å². The van der Waals surface area contributed by atoms with Crippen molar-refractivity contribution < 1.29 is 4.39 Å². The molecule has 0 N–H and O–H groups in total. The lowest BCUT2D eigenvalue weighted by Gasteiger charge is -2.09. The molecule has 0 aliphatic heterocycles. The second kappa shape index (κ2) is 5.29. The molecule has 0 unspecified atom stereocenters. The van der Waals surface area contributed by atoms with Gasteiger partial charge in [0.05, 0.1) is 0 Å². The molecule has 84 valence electrons. The van der Waals surface area contributed by atoms with Gasteiger partial charge in [0.2, 0.25) is 0 Å². The Morgan fingerprint density at radius 1 is 1.27 bits per heavy atom. The van der Waals surface area contributed by atoms with Gasteiger partial charge in [-0.2, -0.15) is 0 Å². The van der Waals surface area contributed by atoms with Gasteiger partial charge in [-0.05, 0) is 54.9 Å². The Hall–Kier alpha value is -0.850. The molecule has 1 rings (SSSR count). The first kappa shape index (κ1) is 12.2. The minimum Gasteiger partial charge on any atom is -0.207 e. The molecule has 1 aromatic carbocycles. The van der Waals surface area contributed by atoms with Crippen LogP contribution in [0.15, 0.2) is 12.1 Å². The third-order valence-corrected chi connectivity index (χ3v) is 2.84. The highest BCUT2D eigenvalue weighted by Crippen LogP contribution is 2.18. The van der Waals surface area contributed by atoms with Gasteiger partial charge in [-0.25, -0.2) is 4.39 Å². The summed E-state index contributed by atoms with van der Waals surface area (Å²) in [4.78, 5) is 0. The molecule has 0 fully saturated rings. The van der Waals surface area contributed by atoms with Crippen molar-refractivity contribution in [3.63, 3.8) is 0 Å². The molecule has 0 aliphatic carbocycles. The predicted molar refractivity (Wildman–Crippen MR) is 63.7 cm³/mol. The summed E-state index contributed by atoms with van der Waals surface area (Å²) in [6.07, 6.45) is 2.89. The van der Waals surface area contributed by atoms with E-state index in [0.717, 1.165) is 36.0 Å². The third-order valence-electron chi connectivity index (χ3n) is 2.84. The normalized spacial score (nSPS) is 11.1. The average Bonchev–Trinajstić information content (AvgIpc) is 2.14. The summed E-state index contributed by atoms with van der Waals surface area (Å²) in [6.45, 7) is 8.40. The quantitative estimate of drug-likeness (QED) is 0.692. The third kappa shape index (κ3) is 3.33. The van der Waals surface area contributed by atoms with Crippen LogP contribution in [-0.2, 0) is 12.8 Å². The van der Waals surface area contributed by atoms with Crippen molar-refractivity contribution in [2.24, 2.45) is 5.92 Å². The zero-order valence-corrected chi connectivity index (χ0v) is 10.2. The van der Waals surface area contributed by atoms with E-state index in [9.17, 15) is 4.39 Å². The largest absolute Gasteiger partial charge is 0.207 e. The van der Waals surface area contributed by atoms with Gasteiger partial charge < -0.3 is 0 Å². The van der Waals surface area contributed by atoms with Gasteiger partial charge in [0, 0.05) is 0 Å². The topological polar surface area (TPSA) is 0 Å². The van der Waals surface area contributed by atoms with E-state index in [-0.39, 0.29) is 5.82 Å². The molecule has 0 bridgehead atoms. The fraction of sp³-hybridized carbons (Fsp3) is 0.571. The fourth-order valence-corrected chi connectivity index (χ4v) is 1.89. The van der Waals surface area contributed by atoms with E-state index in [2.05, 4.69) is 19.9 Å². The summed E-state index contributed by atoms with van der Waals surface area (Å²) in [5.74, 6) is 0.649. The molecule has 0 heterocycles. The number of hydrogen-bond donors (Lipinski definition) is 0. The van der Waals surface area contributed by atoms with Crippen LogP contribution in [0.2, 0.25) is 0 Å². The second-order valence-electron chi connectivity index (χ2n) is 4.66. The molecule has 0 saturated heterocycles. The Bertz CT molecular complexity index is 303. The zero-order valence-electron chi connectivity index (χ0n) is 10.2. The Labute approximate surface area is 92.5 Å². The SMILES string of the molecule is CCc1c(C)cc(CCC(C)C)cc1F. The first-order valence-electron chi connectivity index (χ1n) is 5.82. The van der Waals surface area contributed by atoms with Crippen LogP contribution in [0.4, 0.5) is 4.39 Å². The zero-order chi connectivity index (χ0) is 11.4. The summed E-state index contributed by atoms with van der Waals surface area (Å²) in [7, 11) is 0. The summed E-state index contributed by atoms with van der Waals surface area (Å²) in [5.41, 5.74) is 3.09. The van der Waals surface area contributed by atoms with E-state index in [1.54, 1.807) is 6.07 Å². The van der Waals surface area contributed by atoms with Gasteiger partial charge >= 0.3 is 0 Å². The van der Waals surface area contributed by atoms with E-state index in [1.165, 1.54) is 0 Å². The van der Waals surface area contributed by atoms with Crippen molar-refractivity contribution in [1.82, 2.24) is 0 Å². The lowest BCUT2D eigenvalue weighted by molar-refractivity contribution is 0.578. The number of benzene rings is 1. The summed E-state index contributed by atoms with van der Waals surface area (Å²) in [6, 6.07) is 3.83. The maximum atomic E-state index is 13.6. The van der Waals surface area contributed by atoms with Crippen LogP contribution in [0.1, 0.15) is 43.9 Å². The molecule has 0 spiro atoms. The average molecular weight is 208 g/mol. The number of hydrogen-bond acceptors (Lipinski definition) is 0. The molecular formula is C14H21F. The van der Waals surface area contributed by atoms with Gasteiger partial charge in [-0.1, -0.05) is 26.8 Å². The lowest BCUT2D eigenvalue weighted by atomic mass is 9.97. The monoisotopic (exact) mass is 208 g/mol. The summed E-state index contributed by atoms with van der Waals surface area (Å²) < 4.78 is 13.6. The van der Waals surface area contributed by atoms with Crippen LogP contribution in [0.5, 0.6) is 0 Å². The molecule has 0 atom stereocenters. The molecule has 15 heavy (non-hydrogen) atoms. The van der Waals surface area contributed by atoms with Gasteiger partial charge in [0.1, 0.15) is 5.82 Å². The summed E-state index contributed by atoms with van der Waals surface area (Å²) >= 11 is 0. The van der Waals surface area contributed by atoms with Crippen molar-refractivity contribution in [1.29, 1.82) is 0 Å². The van der Waals surface area contributed by atoms with Crippen molar-refractivity contribution in [3.05, 3.63) is 34.6 Å². The molecule has 0 aromatic heterocycles. The first-order chi connectivity index (χ1) is 7.04. The standard InChI is InChI=1S/C14H21F/c1-5-13-11(4)8-12(9-14(13)15)7-6-10(2)3/h8-10H,5-7H2,1-4H3. The Morgan fingerprint density at radius 3 is 2.40 bits per heavy atom. The molecule has 0 amide bonds. The number of rotatable bonds is 4. The Morgan fingerprint density at radius 2 is 1.93 bits per heavy atom. The van der Waals surface area contributed by atoms with E-state index in [1.807, 2.05) is 13.8 Å². The van der Waals surface area contributed by atoms with Crippen molar-refractivity contribution in [3.8, 4) is 0 Å². The highest BCUT2D eigenvalue weighted by Gasteiger charge is 2.06.